The second-order valence-corrected chi connectivity index (χ2v) is 5.14. The molecule has 0 spiro atoms. The van der Waals surface area contributed by atoms with E-state index in [0.717, 1.165) is 11.1 Å². The highest BCUT2D eigenvalue weighted by atomic mass is 35.5. The summed E-state index contributed by atoms with van der Waals surface area (Å²) in [6, 6.07) is 9.41. The molecule has 2 rings (SSSR count). The molecule has 0 radical (unpaired) electrons. The van der Waals surface area contributed by atoms with Crippen LogP contribution in [0.1, 0.15) is 27.0 Å². The number of aliphatic hydroxyl groups is 1. The van der Waals surface area contributed by atoms with E-state index in [1.807, 2.05) is 6.92 Å². The van der Waals surface area contributed by atoms with Crippen molar-refractivity contribution in [3.05, 3.63) is 69.5 Å². The standard InChI is InChI=1S/C16H15ClFNO2/c1-10-6-12(3-4-14(10)17)16(21)19-8-11-2-5-15(18)13(7-11)9-20/h2-7,20H,8-9H2,1H3,(H,19,21). The number of carbonyl (C=O) groups excluding carboxylic acids is 1. The Morgan fingerprint density at radius 2 is 2.05 bits per heavy atom. The quantitative estimate of drug-likeness (QED) is 0.911. The molecule has 2 N–H and O–H groups in total. The summed E-state index contributed by atoms with van der Waals surface area (Å²) < 4.78 is 13.3. The first-order valence-corrected chi connectivity index (χ1v) is 6.81. The van der Waals surface area contributed by atoms with Crippen LogP contribution in [-0.2, 0) is 13.2 Å². The minimum atomic E-state index is -0.457. The van der Waals surface area contributed by atoms with Gasteiger partial charge < -0.3 is 10.4 Å². The second kappa shape index (κ2) is 6.70. The smallest absolute Gasteiger partial charge is 0.251 e. The number of hydrogen-bond donors (Lipinski definition) is 2. The number of benzene rings is 2. The number of hydrogen-bond acceptors (Lipinski definition) is 2. The molecule has 5 heteroatoms. The fourth-order valence-electron chi connectivity index (χ4n) is 1.93. The molecule has 0 fully saturated rings. The first-order valence-electron chi connectivity index (χ1n) is 6.44. The van der Waals surface area contributed by atoms with Crippen LogP contribution >= 0.6 is 11.6 Å². The molecule has 0 aliphatic carbocycles. The van der Waals surface area contributed by atoms with Crippen LogP contribution in [0.25, 0.3) is 0 Å². The normalized spacial score (nSPS) is 10.5. The van der Waals surface area contributed by atoms with Gasteiger partial charge in [0, 0.05) is 22.7 Å². The molecule has 2 aromatic carbocycles. The number of rotatable bonds is 4. The predicted molar refractivity (Wildman–Crippen MR) is 79.7 cm³/mol. The van der Waals surface area contributed by atoms with Gasteiger partial charge in [0.2, 0.25) is 0 Å². The molecule has 110 valence electrons. The Morgan fingerprint density at radius 3 is 2.71 bits per heavy atom. The average molecular weight is 308 g/mol. The first kappa shape index (κ1) is 15.5. The molecule has 0 heterocycles. The van der Waals surface area contributed by atoms with Crippen LogP contribution in [0.4, 0.5) is 4.39 Å². The number of aliphatic hydroxyl groups excluding tert-OH is 1. The van der Waals surface area contributed by atoms with Gasteiger partial charge in [0.15, 0.2) is 0 Å². The summed E-state index contributed by atoms with van der Waals surface area (Å²) in [6.45, 7) is 1.71. The molecule has 0 unspecified atom stereocenters. The van der Waals surface area contributed by atoms with Crippen LogP contribution in [0.2, 0.25) is 5.02 Å². The van der Waals surface area contributed by atoms with E-state index in [1.165, 1.54) is 12.1 Å². The second-order valence-electron chi connectivity index (χ2n) is 4.73. The predicted octanol–water partition coefficient (Wildman–Crippen LogP) is 3.21. The Kier molecular flexibility index (Phi) is 4.94. The molecule has 21 heavy (non-hydrogen) atoms. The minimum Gasteiger partial charge on any atom is -0.392 e. The van der Waals surface area contributed by atoms with Gasteiger partial charge in [-0.1, -0.05) is 17.7 Å². The number of amides is 1. The monoisotopic (exact) mass is 307 g/mol. The summed E-state index contributed by atoms with van der Waals surface area (Å²) in [6.07, 6.45) is 0. The van der Waals surface area contributed by atoms with Gasteiger partial charge in [0.05, 0.1) is 6.61 Å². The van der Waals surface area contributed by atoms with Gasteiger partial charge in [-0.2, -0.15) is 0 Å². The van der Waals surface area contributed by atoms with Crippen LogP contribution < -0.4 is 5.32 Å². The molecule has 1 amide bonds. The van der Waals surface area contributed by atoms with E-state index < -0.39 is 5.82 Å². The van der Waals surface area contributed by atoms with Gasteiger partial charge in [0.1, 0.15) is 5.82 Å². The lowest BCUT2D eigenvalue weighted by molar-refractivity contribution is 0.0951. The molecule has 0 atom stereocenters. The van der Waals surface area contributed by atoms with Crippen molar-refractivity contribution in [2.75, 3.05) is 0 Å². The van der Waals surface area contributed by atoms with Gasteiger partial charge in [-0.3, -0.25) is 4.79 Å². The average Bonchev–Trinajstić information content (AvgIpc) is 2.48. The summed E-state index contributed by atoms with van der Waals surface area (Å²) >= 11 is 5.92. The molecule has 0 bridgehead atoms. The van der Waals surface area contributed by atoms with Crippen LogP contribution in [0, 0.1) is 12.7 Å². The Hall–Kier alpha value is -1.91. The van der Waals surface area contributed by atoms with Crippen molar-refractivity contribution < 1.29 is 14.3 Å². The van der Waals surface area contributed by atoms with Gasteiger partial charge in [-0.25, -0.2) is 4.39 Å². The van der Waals surface area contributed by atoms with Gasteiger partial charge in [-0.15, -0.1) is 0 Å². The Morgan fingerprint density at radius 1 is 1.29 bits per heavy atom. The Balaban J connectivity index is 2.05. The highest BCUT2D eigenvalue weighted by molar-refractivity contribution is 6.31. The third-order valence-electron chi connectivity index (χ3n) is 3.15. The summed E-state index contributed by atoms with van der Waals surface area (Å²) in [5.41, 5.74) is 2.28. The van der Waals surface area contributed by atoms with E-state index in [1.54, 1.807) is 24.3 Å². The number of aryl methyl sites for hydroxylation is 1. The zero-order valence-electron chi connectivity index (χ0n) is 11.5. The van der Waals surface area contributed by atoms with Gasteiger partial charge >= 0.3 is 0 Å². The third kappa shape index (κ3) is 3.80. The molecule has 0 aromatic heterocycles. The Bertz CT molecular complexity index is 673. The molecule has 0 saturated carbocycles. The summed E-state index contributed by atoms with van der Waals surface area (Å²) in [5.74, 6) is -0.689. The maximum Gasteiger partial charge on any atom is 0.251 e. The third-order valence-corrected chi connectivity index (χ3v) is 3.58. The van der Waals surface area contributed by atoms with E-state index in [-0.39, 0.29) is 24.6 Å². The lowest BCUT2D eigenvalue weighted by atomic mass is 10.1. The summed E-state index contributed by atoms with van der Waals surface area (Å²) in [5, 5.41) is 12.4. The minimum absolute atomic E-state index is 0.212. The number of nitrogens with one attached hydrogen (secondary N) is 1. The van der Waals surface area contributed by atoms with Crippen molar-refractivity contribution in [1.29, 1.82) is 0 Å². The lowest BCUT2D eigenvalue weighted by Crippen LogP contribution is -2.23. The van der Waals surface area contributed by atoms with Crippen LogP contribution in [-0.4, -0.2) is 11.0 Å². The van der Waals surface area contributed by atoms with Crippen molar-refractivity contribution in [2.45, 2.75) is 20.1 Å². The van der Waals surface area contributed by atoms with Crippen molar-refractivity contribution in [3.8, 4) is 0 Å². The van der Waals surface area contributed by atoms with Crippen LogP contribution in [0.15, 0.2) is 36.4 Å². The topological polar surface area (TPSA) is 49.3 Å². The molecular weight excluding hydrogens is 293 g/mol. The fraction of sp³-hybridized carbons (Fsp3) is 0.188. The molecule has 2 aromatic rings. The van der Waals surface area contributed by atoms with Crippen LogP contribution in [0.3, 0.4) is 0 Å². The van der Waals surface area contributed by atoms with Crippen molar-refractivity contribution >= 4 is 17.5 Å². The highest BCUT2D eigenvalue weighted by Gasteiger charge is 2.08. The molecule has 0 aliphatic rings. The van der Waals surface area contributed by atoms with E-state index in [9.17, 15) is 9.18 Å². The summed E-state index contributed by atoms with van der Waals surface area (Å²) in [7, 11) is 0. The Labute approximate surface area is 127 Å². The summed E-state index contributed by atoms with van der Waals surface area (Å²) in [4.78, 5) is 12.0. The van der Waals surface area contributed by atoms with E-state index in [0.29, 0.717) is 10.6 Å². The van der Waals surface area contributed by atoms with Crippen molar-refractivity contribution in [3.63, 3.8) is 0 Å². The maximum atomic E-state index is 13.3. The van der Waals surface area contributed by atoms with Crippen LogP contribution in [0.5, 0.6) is 0 Å². The maximum absolute atomic E-state index is 13.3. The molecule has 3 nitrogen and oxygen atoms in total. The number of halogens is 2. The number of carbonyl (C=O) groups is 1. The molecule has 0 aliphatic heterocycles. The van der Waals surface area contributed by atoms with Gasteiger partial charge in [0.25, 0.3) is 5.91 Å². The van der Waals surface area contributed by atoms with Crippen molar-refractivity contribution in [1.82, 2.24) is 5.32 Å². The van der Waals surface area contributed by atoms with E-state index >= 15 is 0 Å². The van der Waals surface area contributed by atoms with E-state index in [2.05, 4.69) is 5.32 Å². The van der Waals surface area contributed by atoms with Crippen molar-refractivity contribution in [2.24, 2.45) is 0 Å². The lowest BCUT2D eigenvalue weighted by Gasteiger charge is -2.08. The zero-order valence-corrected chi connectivity index (χ0v) is 12.2. The molecule has 0 saturated heterocycles. The van der Waals surface area contributed by atoms with Gasteiger partial charge in [-0.05, 0) is 48.4 Å². The molecular formula is C16H15ClFNO2. The SMILES string of the molecule is Cc1cc(C(=O)NCc2ccc(F)c(CO)c2)ccc1Cl. The first-order chi connectivity index (χ1) is 10.0. The van der Waals surface area contributed by atoms with E-state index in [4.69, 9.17) is 16.7 Å². The fourth-order valence-corrected chi connectivity index (χ4v) is 2.05. The zero-order chi connectivity index (χ0) is 15.4. The largest absolute Gasteiger partial charge is 0.392 e. The highest BCUT2D eigenvalue weighted by Crippen LogP contribution is 2.16.